The number of rotatable bonds is 6. The lowest BCUT2D eigenvalue weighted by Crippen LogP contribution is -2.83. The Labute approximate surface area is 118 Å². The Morgan fingerprint density at radius 3 is 2.75 bits per heavy atom. The predicted molar refractivity (Wildman–Crippen MR) is 78.6 cm³/mol. The van der Waals surface area contributed by atoms with Gasteiger partial charge in [0, 0.05) is 5.39 Å². The molecular formula is C17H18NO2+. The second kappa shape index (κ2) is 6.26. The van der Waals surface area contributed by atoms with Crippen LogP contribution in [-0.2, 0) is 6.54 Å². The van der Waals surface area contributed by atoms with Gasteiger partial charge < -0.3 is 14.5 Å². The summed E-state index contributed by atoms with van der Waals surface area (Å²) in [4.78, 5) is 0. The van der Waals surface area contributed by atoms with Crippen LogP contribution in [0.3, 0.4) is 0 Å². The van der Waals surface area contributed by atoms with Gasteiger partial charge in [0.25, 0.3) is 0 Å². The van der Waals surface area contributed by atoms with E-state index in [4.69, 9.17) is 9.15 Å². The summed E-state index contributed by atoms with van der Waals surface area (Å²) in [6.45, 7) is 2.45. The largest absolute Gasteiger partial charge is 0.487 e. The fourth-order valence-corrected chi connectivity index (χ4v) is 2.25. The van der Waals surface area contributed by atoms with Crippen molar-refractivity contribution in [1.82, 2.24) is 0 Å². The quantitative estimate of drug-likeness (QED) is 0.698. The highest BCUT2D eigenvalue weighted by molar-refractivity contribution is 5.88. The van der Waals surface area contributed by atoms with Gasteiger partial charge in [-0.2, -0.15) is 0 Å². The second-order valence-electron chi connectivity index (χ2n) is 4.69. The summed E-state index contributed by atoms with van der Waals surface area (Å²) in [5.41, 5.74) is 0. The molecule has 0 saturated heterocycles. The summed E-state index contributed by atoms with van der Waals surface area (Å²) in [5.74, 6) is 1.95. The number of quaternary nitrogens is 1. The first-order chi connectivity index (χ1) is 9.93. The minimum atomic E-state index is 0.689. The van der Waals surface area contributed by atoms with Crippen LogP contribution in [0.2, 0.25) is 0 Å². The van der Waals surface area contributed by atoms with E-state index in [2.05, 4.69) is 23.5 Å². The van der Waals surface area contributed by atoms with Crippen molar-refractivity contribution in [3.63, 3.8) is 0 Å². The maximum atomic E-state index is 5.88. The Bertz CT molecular complexity index is 656. The molecule has 0 unspecified atom stereocenters. The third-order valence-corrected chi connectivity index (χ3v) is 3.25. The van der Waals surface area contributed by atoms with Crippen molar-refractivity contribution < 1.29 is 14.5 Å². The molecule has 20 heavy (non-hydrogen) atoms. The van der Waals surface area contributed by atoms with Gasteiger partial charge in [-0.15, -0.1) is 0 Å². The van der Waals surface area contributed by atoms with E-state index in [9.17, 15) is 0 Å². The molecule has 0 fully saturated rings. The molecule has 3 nitrogen and oxygen atoms in total. The van der Waals surface area contributed by atoms with E-state index in [1.54, 1.807) is 6.26 Å². The zero-order valence-electron chi connectivity index (χ0n) is 11.3. The SMILES string of the molecule is c1coc(C[NH2+]CCOc2cccc3ccccc23)c1. The van der Waals surface area contributed by atoms with Gasteiger partial charge in [0.1, 0.15) is 25.4 Å². The van der Waals surface area contributed by atoms with Crippen molar-refractivity contribution in [2.24, 2.45) is 0 Å². The molecule has 3 aromatic rings. The van der Waals surface area contributed by atoms with Crippen LogP contribution < -0.4 is 10.1 Å². The van der Waals surface area contributed by atoms with E-state index in [0.717, 1.165) is 24.6 Å². The second-order valence-corrected chi connectivity index (χ2v) is 4.69. The van der Waals surface area contributed by atoms with Gasteiger partial charge in [-0.1, -0.05) is 36.4 Å². The third kappa shape index (κ3) is 3.00. The molecule has 0 saturated carbocycles. The first-order valence-electron chi connectivity index (χ1n) is 6.88. The number of hydrogen-bond acceptors (Lipinski definition) is 2. The van der Waals surface area contributed by atoms with E-state index < -0.39 is 0 Å². The number of hydrogen-bond donors (Lipinski definition) is 1. The predicted octanol–water partition coefficient (Wildman–Crippen LogP) is 2.58. The van der Waals surface area contributed by atoms with Gasteiger partial charge in [-0.05, 0) is 23.6 Å². The van der Waals surface area contributed by atoms with Gasteiger partial charge in [-0.3, -0.25) is 0 Å². The molecule has 1 heterocycles. The van der Waals surface area contributed by atoms with Crippen LogP contribution in [0.25, 0.3) is 10.8 Å². The number of fused-ring (bicyclic) bond motifs is 1. The molecule has 0 radical (unpaired) electrons. The van der Waals surface area contributed by atoms with Crippen molar-refractivity contribution >= 4 is 10.8 Å². The summed E-state index contributed by atoms with van der Waals surface area (Å²) in [5, 5.41) is 4.56. The molecule has 0 aliphatic rings. The van der Waals surface area contributed by atoms with E-state index in [1.807, 2.05) is 36.4 Å². The van der Waals surface area contributed by atoms with Crippen LogP contribution in [0.1, 0.15) is 5.76 Å². The zero-order chi connectivity index (χ0) is 13.6. The van der Waals surface area contributed by atoms with Crippen molar-refractivity contribution in [1.29, 1.82) is 0 Å². The minimum absolute atomic E-state index is 0.689. The van der Waals surface area contributed by atoms with Crippen molar-refractivity contribution in [2.45, 2.75) is 6.54 Å². The Hall–Kier alpha value is -2.26. The van der Waals surface area contributed by atoms with E-state index in [0.29, 0.717) is 6.61 Å². The maximum absolute atomic E-state index is 5.88. The topological polar surface area (TPSA) is 39.0 Å². The lowest BCUT2D eigenvalue weighted by Gasteiger charge is -2.08. The summed E-state index contributed by atoms with van der Waals surface area (Å²) in [6.07, 6.45) is 1.70. The molecule has 0 aliphatic carbocycles. The van der Waals surface area contributed by atoms with Gasteiger partial charge in [0.05, 0.1) is 6.26 Å². The van der Waals surface area contributed by atoms with Crippen LogP contribution in [0.5, 0.6) is 5.75 Å². The lowest BCUT2D eigenvalue weighted by molar-refractivity contribution is -0.672. The standard InChI is InChI=1S/C17H17NO2/c1-2-8-16-14(5-1)6-3-9-17(16)20-12-10-18-13-15-7-4-11-19-15/h1-9,11,18H,10,12-13H2/p+1. The first kappa shape index (κ1) is 12.8. The summed E-state index contributed by atoms with van der Waals surface area (Å²) >= 11 is 0. The van der Waals surface area contributed by atoms with Crippen molar-refractivity contribution in [3.05, 3.63) is 66.6 Å². The van der Waals surface area contributed by atoms with E-state index >= 15 is 0 Å². The molecule has 0 aliphatic heterocycles. The van der Waals surface area contributed by atoms with Gasteiger partial charge in [0.2, 0.25) is 0 Å². The zero-order valence-corrected chi connectivity index (χ0v) is 11.3. The van der Waals surface area contributed by atoms with E-state index in [1.165, 1.54) is 10.8 Å². The fourth-order valence-electron chi connectivity index (χ4n) is 2.25. The third-order valence-electron chi connectivity index (χ3n) is 3.25. The van der Waals surface area contributed by atoms with Gasteiger partial charge in [-0.25, -0.2) is 0 Å². The van der Waals surface area contributed by atoms with Gasteiger partial charge in [0.15, 0.2) is 5.76 Å². The molecule has 2 aromatic carbocycles. The van der Waals surface area contributed by atoms with E-state index in [-0.39, 0.29) is 0 Å². The Morgan fingerprint density at radius 1 is 0.950 bits per heavy atom. The van der Waals surface area contributed by atoms with Crippen LogP contribution in [0.15, 0.2) is 65.3 Å². The highest BCUT2D eigenvalue weighted by atomic mass is 16.5. The molecule has 0 bridgehead atoms. The van der Waals surface area contributed by atoms with Crippen LogP contribution in [0, 0.1) is 0 Å². The minimum Gasteiger partial charge on any atom is -0.487 e. The van der Waals surface area contributed by atoms with Crippen LogP contribution >= 0.6 is 0 Å². The molecule has 1 aromatic heterocycles. The van der Waals surface area contributed by atoms with Crippen LogP contribution in [0.4, 0.5) is 0 Å². The maximum Gasteiger partial charge on any atom is 0.157 e. The Morgan fingerprint density at radius 2 is 1.85 bits per heavy atom. The smallest absolute Gasteiger partial charge is 0.157 e. The number of benzene rings is 2. The lowest BCUT2D eigenvalue weighted by atomic mass is 10.1. The first-order valence-corrected chi connectivity index (χ1v) is 6.88. The normalized spacial score (nSPS) is 10.8. The Kier molecular flexibility index (Phi) is 3.99. The average Bonchev–Trinajstić information content (AvgIpc) is 3.00. The number of furan rings is 1. The molecule has 102 valence electrons. The molecular weight excluding hydrogens is 250 g/mol. The molecule has 0 atom stereocenters. The Balaban J connectivity index is 1.52. The van der Waals surface area contributed by atoms with Crippen molar-refractivity contribution in [3.8, 4) is 5.75 Å². The summed E-state index contributed by atoms with van der Waals surface area (Å²) in [7, 11) is 0. The fraction of sp³-hybridized carbons (Fsp3) is 0.176. The number of nitrogens with two attached hydrogens (primary N) is 1. The highest BCUT2D eigenvalue weighted by Crippen LogP contribution is 2.24. The summed E-state index contributed by atoms with van der Waals surface area (Å²) in [6, 6.07) is 18.3. The molecule has 3 heteroatoms. The molecule has 3 rings (SSSR count). The van der Waals surface area contributed by atoms with Crippen LogP contribution in [-0.4, -0.2) is 13.2 Å². The molecule has 0 amide bonds. The van der Waals surface area contributed by atoms with Crippen molar-refractivity contribution in [2.75, 3.05) is 13.2 Å². The molecule has 2 N–H and O–H groups in total. The average molecular weight is 268 g/mol. The van der Waals surface area contributed by atoms with Gasteiger partial charge >= 0.3 is 0 Å². The highest BCUT2D eigenvalue weighted by Gasteiger charge is 2.02. The number of ether oxygens (including phenoxy) is 1. The monoisotopic (exact) mass is 268 g/mol. The summed E-state index contributed by atoms with van der Waals surface area (Å²) < 4.78 is 11.2. The molecule has 0 spiro atoms.